The summed E-state index contributed by atoms with van der Waals surface area (Å²) in [5, 5.41) is 11.6. The number of anilines is 1. The zero-order chi connectivity index (χ0) is 19.6. The van der Waals surface area contributed by atoms with E-state index in [4.69, 9.17) is 14.6 Å². The number of benzene rings is 2. The molecule has 0 spiro atoms. The number of carboxylic acids is 1. The first-order valence-corrected chi connectivity index (χ1v) is 9.56. The molecule has 6 nitrogen and oxygen atoms in total. The van der Waals surface area contributed by atoms with Gasteiger partial charge in [0.1, 0.15) is 11.5 Å². The first-order valence-electron chi connectivity index (χ1n) is 8.40. The van der Waals surface area contributed by atoms with Crippen LogP contribution in [0.25, 0.3) is 0 Å². The second kappa shape index (κ2) is 10.5. The second-order valence-electron chi connectivity index (χ2n) is 5.86. The molecule has 7 heteroatoms. The molecule has 0 heterocycles. The summed E-state index contributed by atoms with van der Waals surface area (Å²) in [7, 11) is 3.18. The van der Waals surface area contributed by atoms with E-state index in [1.807, 2.05) is 36.4 Å². The van der Waals surface area contributed by atoms with E-state index in [1.165, 1.54) is 11.8 Å². The van der Waals surface area contributed by atoms with Crippen molar-refractivity contribution >= 4 is 29.3 Å². The minimum Gasteiger partial charge on any atom is -0.497 e. The van der Waals surface area contributed by atoms with Gasteiger partial charge in [0.05, 0.1) is 20.0 Å². The van der Waals surface area contributed by atoms with Crippen molar-refractivity contribution in [2.45, 2.75) is 18.6 Å². The Morgan fingerprint density at radius 2 is 1.74 bits per heavy atom. The van der Waals surface area contributed by atoms with Crippen molar-refractivity contribution in [2.75, 3.05) is 25.3 Å². The second-order valence-corrected chi connectivity index (χ2v) is 6.84. The van der Waals surface area contributed by atoms with Crippen LogP contribution in [-0.4, -0.2) is 37.0 Å². The van der Waals surface area contributed by atoms with Gasteiger partial charge in [0, 0.05) is 23.9 Å². The fraction of sp³-hybridized carbons (Fsp3) is 0.300. The lowest BCUT2D eigenvalue weighted by Crippen LogP contribution is -2.12. The number of methoxy groups -OCH3 is 2. The van der Waals surface area contributed by atoms with Gasteiger partial charge >= 0.3 is 5.97 Å². The Morgan fingerprint density at radius 3 is 2.37 bits per heavy atom. The normalized spacial score (nSPS) is 10.3. The molecule has 0 bridgehead atoms. The zero-order valence-electron chi connectivity index (χ0n) is 15.4. The molecule has 0 aliphatic carbocycles. The van der Waals surface area contributed by atoms with Crippen LogP contribution in [0.4, 0.5) is 5.69 Å². The maximum Gasteiger partial charge on any atom is 0.313 e. The Morgan fingerprint density at radius 1 is 1.04 bits per heavy atom. The molecule has 0 radical (unpaired) electrons. The van der Waals surface area contributed by atoms with Crippen molar-refractivity contribution in [1.82, 2.24) is 0 Å². The Labute approximate surface area is 162 Å². The quantitative estimate of drug-likeness (QED) is 0.646. The molecule has 2 aromatic rings. The molecule has 0 fully saturated rings. The van der Waals surface area contributed by atoms with E-state index in [2.05, 4.69) is 5.32 Å². The van der Waals surface area contributed by atoms with E-state index in [9.17, 15) is 9.59 Å². The summed E-state index contributed by atoms with van der Waals surface area (Å²) in [6.45, 7) is 0. The molecule has 2 rings (SSSR count). The molecule has 0 unspecified atom stereocenters. The summed E-state index contributed by atoms with van der Waals surface area (Å²) in [5.41, 5.74) is 2.63. The number of aryl methyl sites for hydroxylation is 1. The lowest BCUT2D eigenvalue weighted by atomic mass is 10.1. The fourth-order valence-electron chi connectivity index (χ4n) is 2.49. The molecule has 2 N–H and O–H groups in total. The Hall–Kier alpha value is -2.67. The topological polar surface area (TPSA) is 84.9 Å². The van der Waals surface area contributed by atoms with Gasteiger partial charge in [-0.05, 0) is 41.8 Å². The molecular weight excluding hydrogens is 366 g/mol. The van der Waals surface area contributed by atoms with Crippen molar-refractivity contribution in [2.24, 2.45) is 0 Å². The highest BCUT2D eigenvalue weighted by molar-refractivity contribution is 7.99. The minimum absolute atomic E-state index is 0.0561. The highest BCUT2D eigenvalue weighted by atomic mass is 32.2. The zero-order valence-corrected chi connectivity index (χ0v) is 16.2. The average Bonchev–Trinajstić information content (AvgIpc) is 2.66. The van der Waals surface area contributed by atoms with Gasteiger partial charge < -0.3 is 19.9 Å². The van der Waals surface area contributed by atoms with Crippen LogP contribution in [0, 0.1) is 0 Å². The average molecular weight is 389 g/mol. The number of hydrogen-bond donors (Lipinski definition) is 2. The molecule has 2 aromatic carbocycles. The van der Waals surface area contributed by atoms with Crippen molar-refractivity contribution in [3.63, 3.8) is 0 Å². The third kappa shape index (κ3) is 7.22. The molecule has 0 saturated carbocycles. The Bertz CT molecular complexity index is 771. The third-order valence-electron chi connectivity index (χ3n) is 3.76. The fourth-order valence-corrected chi connectivity index (χ4v) is 3.18. The van der Waals surface area contributed by atoms with E-state index < -0.39 is 5.97 Å². The van der Waals surface area contributed by atoms with E-state index in [1.54, 1.807) is 20.3 Å². The number of carbonyl (C=O) groups is 2. The number of ether oxygens (including phenoxy) is 2. The van der Waals surface area contributed by atoms with Crippen LogP contribution >= 0.6 is 11.8 Å². The first-order chi connectivity index (χ1) is 13.0. The lowest BCUT2D eigenvalue weighted by Gasteiger charge is -2.09. The monoisotopic (exact) mass is 389 g/mol. The van der Waals surface area contributed by atoms with Gasteiger partial charge in [-0.3, -0.25) is 9.59 Å². The standard InChI is InChI=1S/C20H23NO5S/c1-25-17-9-14(10-18(11-17)26-2)6-7-19(22)21-16-5-3-4-15(8-16)12-27-13-20(23)24/h3-5,8-11H,6-7,12-13H2,1-2H3,(H,21,22)(H,23,24). The number of rotatable bonds is 10. The molecule has 0 aliphatic rings. The van der Waals surface area contributed by atoms with Crippen LogP contribution in [0.2, 0.25) is 0 Å². The molecular formula is C20H23NO5S. The van der Waals surface area contributed by atoms with Crippen molar-refractivity contribution < 1.29 is 24.2 Å². The third-order valence-corrected chi connectivity index (χ3v) is 4.75. The first kappa shape index (κ1) is 20.6. The van der Waals surface area contributed by atoms with E-state index >= 15 is 0 Å². The molecule has 0 atom stereocenters. The van der Waals surface area contributed by atoms with Crippen molar-refractivity contribution in [1.29, 1.82) is 0 Å². The van der Waals surface area contributed by atoms with Gasteiger partial charge in [-0.15, -0.1) is 11.8 Å². The number of aliphatic carboxylic acids is 1. The highest BCUT2D eigenvalue weighted by Gasteiger charge is 2.07. The number of carbonyl (C=O) groups excluding carboxylic acids is 1. The van der Waals surface area contributed by atoms with Crippen LogP contribution < -0.4 is 14.8 Å². The summed E-state index contributed by atoms with van der Waals surface area (Å²) in [4.78, 5) is 22.8. The van der Waals surface area contributed by atoms with Crippen molar-refractivity contribution in [3.8, 4) is 11.5 Å². The van der Waals surface area contributed by atoms with Gasteiger partial charge in [-0.25, -0.2) is 0 Å². The van der Waals surface area contributed by atoms with Crippen molar-refractivity contribution in [3.05, 3.63) is 53.6 Å². The number of hydrogen-bond acceptors (Lipinski definition) is 5. The number of carboxylic acid groups (broad SMARTS) is 1. The van der Waals surface area contributed by atoms with Crippen LogP contribution in [0.5, 0.6) is 11.5 Å². The Balaban J connectivity index is 1.89. The molecule has 0 saturated heterocycles. The molecule has 27 heavy (non-hydrogen) atoms. The van der Waals surface area contributed by atoms with E-state index in [-0.39, 0.29) is 11.7 Å². The van der Waals surface area contributed by atoms with Crippen LogP contribution in [0.1, 0.15) is 17.5 Å². The molecule has 144 valence electrons. The molecule has 0 aromatic heterocycles. The maximum absolute atomic E-state index is 12.3. The summed E-state index contributed by atoms with van der Waals surface area (Å²) in [6, 6.07) is 13.0. The smallest absolute Gasteiger partial charge is 0.313 e. The number of amides is 1. The minimum atomic E-state index is -0.835. The Kier molecular flexibility index (Phi) is 8.00. The van der Waals surface area contributed by atoms with Gasteiger partial charge in [0.15, 0.2) is 0 Å². The summed E-state index contributed by atoms with van der Waals surface area (Å²) >= 11 is 1.32. The maximum atomic E-state index is 12.3. The number of nitrogens with one attached hydrogen (secondary N) is 1. The SMILES string of the molecule is COc1cc(CCC(=O)Nc2cccc(CSCC(=O)O)c2)cc(OC)c1. The summed E-state index contributed by atoms with van der Waals surface area (Å²) < 4.78 is 10.5. The lowest BCUT2D eigenvalue weighted by molar-refractivity contribution is -0.133. The molecule has 1 amide bonds. The molecule has 0 aliphatic heterocycles. The van der Waals surface area contributed by atoms with E-state index in [0.29, 0.717) is 35.8 Å². The summed E-state index contributed by atoms with van der Waals surface area (Å²) in [6.07, 6.45) is 0.891. The van der Waals surface area contributed by atoms with Gasteiger partial charge in [-0.2, -0.15) is 0 Å². The van der Waals surface area contributed by atoms with Gasteiger partial charge in [0.25, 0.3) is 0 Å². The van der Waals surface area contributed by atoms with Crippen LogP contribution in [0.15, 0.2) is 42.5 Å². The van der Waals surface area contributed by atoms with E-state index in [0.717, 1.165) is 11.1 Å². The van der Waals surface area contributed by atoms with Gasteiger partial charge in [0.2, 0.25) is 5.91 Å². The van der Waals surface area contributed by atoms with Crippen LogP contribution in [-0.2, 0) is 21.8 Å². The predicted molar refractivity (Wildman–Crippen MR) is 107 cm³/mol. The largest absolute Gasteiger partial charge is 0.497 e. The highest BCUT2D eigenvalue weighted by Crippen LogP contribution is 2.23. The van der Waals surface area contributed by atoms with Crippen LogP contribution in [0.3, 0.4) is 0 Å². The van der Waals surface area contributed by atoms with Gasteiger partial charge in [-0.1, -0.05) is 12.1 Å². The predicted octanol–water partition coefficient (Wildman–Crippen LogP) is 3.59. The number of thioether (sulfide) groups is 1. The summed E-state index contributed by atoms with van der Waals surface area (Å²) in [5.74, 6) is 1.10.